The number of hydrogen-bond donors (Lipinski definition) is 1. The fourth-order valence-corrected chi connectivity index (χ4v) is 3.33. The van der Waals surface area contributed by atoms with E-state index in [-0.39, 0.29) is 0 Å². The van der Waals surface area contributed by atoms with Gasteiger partial charge in [-0.25, -0.2) is 0 Å². The maximum atomic E-state index is 9.42. The third kappa shape index (κ3) is 2.47. The van der Waals surface area contributed by atoms with Crippen molar-refractivity contribution < 1.29 is 0 Å². The van der Waals surface area contributed by atoms with Gasteiger partial charge in [0.2, 0.25) is 0 Å². The van der Waals surface area contributed by atoms with E-state index in [1.165, 1.54) is 0 Å². The summed E-state index contributed by atoms with van der Waals surface area (Å²) in [5.41, 5.74) is 7.69. The summed E-state index contributed by atoms with van der Waals surface area (Å²) >= 11 is 1.73. The third-order valence-corrected chi connectivity index (χ3v) is 4.31. The third-order valence-electron chi connectivity index (χ3n) is 3.37. The molecule has 0 saturated carbocycles. The first kappa shape index (κ1) is 13.3. The van der Waals surface area contributed by atoms with Crippen LogP contribution in [0.25, 0.3) is 0 Å². The first-order valence-corrected chi connectivity index (χ1v) is 7.43. The van der Waals surface area contributed by atoms with Crippen LogP contribution in [0.4, 0.5) is 5.69 Å². The number of nitrogens with two attached hydrogens (primary N) is 1. The van der Waals surface area contributed by atoms with Crippen molar-refractivity contribution in [3.63, 3.8) is 0 Å². The zero-order valence-corrected chi connectivity index (χ0v) is 11.5. The summed E-state index contributed by atoms with van der Waals surface area (Å²) in [5.74, 6) is 0.985. The molecule has 1 heterocycles. The van der Waals surface area contributed by atoms with Crippen molar-refractivity contribution in [2.24, 2.45) is 5.73 Å². The standard InChI is InChI=1S/C14H19N3S/c1-2-18-14-7-3-6-13(12(14)10-16)17-8-4-5-11(17)9-15/h3,6-7,11H,2,4-5,8-9,15H2,1H3. The van der Waals surface area contributed by atoms with Crippen LogP contribution in [-0.4, -0.2) is 24.9 Å². The first-order chi connectivity index (χ1) is 8.81. The van der Waals surface area contributed by atoms with Crippen LogP contribution in [0.5, 0.6) is 0 Å². The van der Waals surface area contributed by atoms with Crippen LogP contribution in [0.15, 0.2) is 23.1 Å². The van der Waals surface area contributed by atoms with Gasteiger partial charge in [0.05, 0.1) is 11.3 Å². The highest BCUT2D eigenvalue weighted by Crippen LogP contribution is 2.33. The monoisotopic (exact) mass is 261 g/mol. The lowest BCUT2D eigenvalue weighted by Gasteiger charge is -2.27. The fourth-order valence-electron chi connectivity index (χ4n) is 2.54. The second-order valence-corrected chi connectivity index (χ2v) is 5.73. The van der Waals surface area contributed by atoms with E-state index in [0.29, 0.717) is 12.6 Å². The Morgan fingerprint density at radius 1 is 1.56 bits per heavy atom. The molecule has 1 unspecified atom stereocenters. The molecule has 1 aliphatic heterocycles. The van der Waals surface area contributed by atoms with Gasteiger partial charge in [-0.05, 0) is 30.7 Å². The smallest absolute Gasteiger partial charge is 0.103 e. The van der Waals surface area contributed by atoms with Gasteiger partial charge in [0.15, 0.2) is 0 Å². The predicted molar refractivity (Wildman–Crippen MR) is 77.0 cm³/mol. The Kier molecular flexibility index (Phi) is 4.51. The molecule has 0 bridgehead atoms. The molecule has 0 aliphatic carbocycles. The van der Waals surface area contributed by atoms with Gasteiger partial charge in [-0.15, -0.1) is 11.8 Å². The minimum Gasteiger partial charge on any atom is -0.366 e. The highest BCUT2D eigenvalue weighted by atomic mass is 32.2. The second-order valence-electron chi connectivity index (χ2n) is 4.42. The fraction of sp³-hybridized carbons (Fsp3) is 0.500. The number of benzene rings is 1. The molecule has 2 N–H and O–H groups in total. The molecule has 1 aliphatic rings. The molecule has 96 valence electrons. The van der Waals surface area contributed by atoms with Gasteiger partial charge in [0.1, 0.15) is 6.07 Å². The predicted octanol–water partition coefficient (Wildman–Crippen LogP) is 2.60. The Hall–Kier alpha value is -1.18. The van der Waals surface area contributed by atoms with Crippen molar-refractivity contribution in [1.82, 2.24) is 0 Å². The summed E-state index contributed by atoms with van der Waals surface area (Å²) in [6.45, 7) is 3.78. The number of nitrogens with zero attached hydrogens (tertiary/aromatic N) is 2. The van der Waals surface area contributed by atoms with Gasteiger partial charge >= 0.3 is 0 Å². The molecule has 1 saturated heterocycles. The van der Waals surface area contributed by atoms with E-state index < -0.39 is 0 Å². The molecule has 0 radical (unpaired) electrons. The molecular weight excluding hydrogens is 242 g/mol. The lowest BCUT2D eigenvalue weighted by Crippen LogP contribution is -2.35. The number of hydrogen-bond acceptors (Lipinski definition) is 4. The first-order valence-electron chi connectivity index (χ1n) is 6.44. The van der Waals surface area contributed by atoms with Crippen molar-refractivity contribution >= 4 is 17.4 Å². The van der Waals surface area contributed by atoms with Crippen LogP contribution < -0.4 is 10.6 Å². The van der Waals surface area contributed by atoms with Crippen molar-refractivity contribution in [1.29, 1.82) is 5.26 Å². The maximum Gasteiger partial charge on any atom is 0.103 e. The van der Waals surface area contributed by atoms with Crippen molar-refractivity contribution in [2.45, 2.75) is 30.7 Å². The molecule has 4 heteroatoms. The van der Waals surface area contributed by atoms with Gasteiger partial charge in [0, 0.05) is 24.0 Å². The summed E-state index contributed by atoms with van der Waals surface area (Å²) in [7, 11) is 0. The molecule has 1 atom stereocenters. The lowest BCUT2D eigenvalue weighted by atomic mass is 10.1. The summed E-state index contributed by atoms with van der Waals surface area (Å²) in [5, 5.41) is 9.42. The molecule has 1 aromatic rings. The maximum absolute atomic E-state index is 9.42. The molecule has 1 aromatic carbocycles. The topological polar surface area (TPSA) is 53.0 Å². The highest BCUT2D eigenvalue weighted by Gasteiger charge is 2.25. The number of anilines is 1. The zero-order chi connectivity index (χ0) is 13.0. The second kappa shape index (κ2) is 6.12. The number of thioether (sulfide) groups is 1. The van der Waals surface area contributed by atoms with Crippen LogP contribution in [0.3, 0.4) is 0 Å². The quantitative estimate of drug-likeness (QED) is 0.846. The average Bonchev–Trinajstić information content (AvgIpc) is 2.87. The number of rotatable bonds is 4. The molecule has 2 rings (SSSR count). The Morgan fingerprint density at radius 2 is 2.39 bits per heavy atom. The van der Waals surface area contributed by atoms with Crippen LogP contribution in [-0.2, 0) is 0 Å². The van der Waals surface area contributed by atoms with E-state index in [0.717, 1.165) is 41.3 Å². The summed E-state index contributed by atoms with van der Waals surface area (Å²) in [4.78, 5) is 3.39. The van der Waals surface area contributed by atoms with Crippen molar-refractivity contribution in [2.75, 3.05) is 23.7 Å². The SMILES string of the molecule is CCSc1cccc(N2CCCC2CN)c1C#N. The van der Waals surface area contributed by atoms with Gasteiger partial charge in [0.25, 0.3) is 0 Å². The Labute approximate surface area is 113 Å². The Bertz CT molecular complexity index is 453. The Balaban J connectivity index is 2.38. The van der Waals surface area contributed by atoms with E-state index >= 15 is 0 Å². The zero-order valence-electron chi connectivity index (χ0n) is 10.7. The minimum atomic E-state index is 0.388. The normalized spacial score (nSPS) is 18.9. The van der Waals surface area contributed by atoms with Crippen LogP contribution in [0.1, 0.15) is 25.3 Å². The average molecular weight is 261 g/mol. The Morgan fingerprint density at radius 3 is 3.06 bits per heavy atom. The van der Waals surface area contributed by atoms with E-state index in [1.807, 2.05) is 18.2 Å². The summed E-state index contributed by atoms with van der Waals surface area (Å²) in [6, 6.07) is 8.88. The van der Waals surface area contributed by atoms with Gasteiger partial charge in [-0.3, -0.25) is 0 Å². The van der Waals surface area contributed by atoms with Gasteiger partial charge in [-0.2, -0.15) is 5.26 Å². The van der Waals surface area contributed by atoms with E-state index in [2.05, 4.69) is 17.9 Å². The molecule has 0 amide bonds. The minimum absolute atomic E-state index is 0.388. The van der Waals surface area contributed by atoms with E-state index in [9.17, 15) is 5.26 Å². The molecule has 18 heavy (non-hydrogen) atoms. The van der Waals surface area contributed by atoms with Gasteiger partial charge in [-0.1, -0.05) is 13.0 Å². The van der Waals surface area contributed by atoms with Crippen LogP contribution in [0, 0.1) is 11.3 Å². The molecule has 3 nitrogen and oxygen atoms in total. The summed E-state index contributed by atoms with van der Waals surface area (Å²) < 4.78 is 0. The highest BCUT2D eigenvalue weighted by molar-refractivity contribution is 7.99. The van der Waals surface area contributed by atoms with E-state index in [4.69, 9.17) is 5.73 Å². The summed E-state index contributed by atoms with van der Waals surface area (Å²) in [6.07, 6.45) is 2.30. The molecular formula is C14H19N3S. The molecule has 0 spiro atoms. The van der Waals surface area contributed by atoms with Crippen LogP contribution in [0.2, 0.25) is 0 Å². The lowest BCUT2D eigenvalue weighted by molar-refractivity contribution is 0.676. The van der Waals surface area contributed by atoms with Gasteiger partial charge < -0.3 is 10.6 Å². The van der Waals surface area contributed by atoms with Crippen molar-refractivity contribution in [3.8, 4) is 6.07 Å². The molecule has 1 fully saturated rings. The van der Waals surface area contributed by atoms with E-state index in [1.54, 1.807) is 11.8 Å². The van der Waals surface area contributed by atoms with Crippen molar-refractivity contribution in [3.05, 3.63) is 23.8 Å². The molecule has 0 aromatic heterocycles. The number of nitriles is 1. The van der Waals surface area contributed by atoms with Crippen LogP contribution >= 0.6 is 11.8 Å². The largest absolute Gasteiger partial charge is 0.366 e.